The Morgan fingerprint density at radius 3 is 2.43 bits per heavy atom. The molecule has 0 amide bonds. The molecule has 0 spiro atoms. The van der Waals surface area contributed by atoms with Crippen molar-refractivity contribution in [3.05, 3.63) is 29.8 Å². The molecule has 0 aliphatic heterocycles. The second-order valence-electron chi connectivity index (χ2n) is 5.02. The third kappa shape index (κ3) is 6.46. The zero-order valence-corrected chi connectivity index (χ0v) is 13.9. The quantitative estimate of drug-likeness (QED) is 0.670. The van der Waals surface area contributed by atoms with E-state index in [2.05, 4.69) is 12.2 Å². The molecule has 1 rings (SSSR count). The number of nitrogens with one attached hydrogen (secondary N) is 1. The maximum Gasteiger partial charge on any atom is 0.214 e. The highest BCUT2D eigenvalue weighted by atomic mass is 32.2. The van der Waals surface area contributed by atoms with Gasteiger partial charge in [0.05, 0.1) is 12.9 Å². The van der Waals surface area contributed by atoms with Gasteiger partial charge in [-0.1, -0.05) is 19.1 Å². The van der Waals surface area contributed by atoms with Gasteiger partial charge in [-0.05, 0) is 43.6 Å². The molecule has 0 bridgehead atoms. The molecule has 0 saturated carbocycles. The van der Waals surface area contributed by atoms with E-state index in [-0.39, 0.29) is 5.75 Å². The summed E-state index contributed by atoms with van der Waals surface area (Å²) in [6.07, 6.45) is 1.69. The Morgan fingerprint density at radius 1 is 1.19 bits per heavy atom. The lowest BCUT2D eigenvalue weighted by atomic mass is 10.2. The summed E-state index contributed by atoms with van der Waals surface area (Å²) in [5, 5.41) is 3.21. The maximum atomic E-state index is 12.2. The van der Waals surface area contributed by atoms with Crippen LogP contribution in [0.25, 0.3) is 0 Å². The van der Waals surface area contributed by atoms with Crippen LogP contribution in [0.15, 0.2) is 24.3 Å². The molecule has 0 aliphatic carbocycles. The van der Waals surface area contributed by atoms with Crippen molar-refractivity contribution < 1.29 is 13.2 Å². The fourth-order valence-corrected chi connectivity index (χ4v) is 3.09. The molecule has 0 aromatic heterocycles. The summed E-state index contributed by atoms with van der Waals surface area (Å²) in [7, 11) is 0.0341. The molecule has 21 heavy (non-hydrogen) atoms. The summed E-state index contributed by atoms with van der Waals surface area (Å²) in [4.78, 5) is 0. The molecule has 6 heteroatoms. The summed E-state index contributed by atoms with van der Waals surface area (Å²) in [6, 6.07) is 7.44. The number of methoxy groups -OCH3 is 1. The first-order valence-corrected chi connectivity index (χ1v) is 8.88. The second kappa shape index (κ2) is 9.02. The lowest BCUT2D eigenvalue weighted by Gasteiger charge is -2.17. The Bertz CT molecular complexity index is 500. The van der Waals surface area contributed by atoms with E-state index >= 15 is 0 Å². The van der Waals surface area contributed by atoms with Crippen LogP contribution in [0.5, 0.6) is 5.75 Å². The molecule has 0 heterocycles. The number of hydrogen-bond donors (Lipinski definition) is 1. The summed E-state index contributed by atoms with van der Waals surface area (Å²) < 4.78 is 30.8. The monoisotopic (exact) mass is 314 g/mol. The third-order valence-electron chi connectivity index (χ3n) is 3.22. The second-order valence-corrected chi connectivity index (χ2v) is 7.22. The molecule has 0 saturated heterocycles. The summed E-state index contributed by atoms with van der Waals surface area (Å²) in [5.41, 5.74) is 0.950. The standard InChI is InChI=1S/C15H26N2O3S/c1-4-10-16-11-5-12-21(18,19)17(2)13-14-6-8-15(20-3)9-7-14/h6-9,16H,4-5,10-13H2,1-3H3. The minimum absolute atomic E-state index is 0.177. The van der Waals surface area contributed by atoms with E-state index in [1.807, 2.05) is 24.3 Å². The molecule has 1 aromatic rings. The van der Waals surface area contributed by atoms with Crippen LogP contribution in [0.2, 0.25) is 0 Å². The van der Waals surface area contributed by atoms with Gasteiger partial charge >= 0.3 is 0 Å². The van der Waals surface area contributed by atoms with Crippen LogP contribution in [0.4, 0.5) is 0 Å². The van der Waals surface area contributed by atoms with Gasteiger partial charge in [0.25, 0.3) is 0 Å². The van der Waals surface area contributed by atoms with E-state index < -0.39 is 10.0 Å². The van der Waals surface area contributed by atoms with Crippen molar-refractivity contribution in [2.45, 2.75) is 26.3 Å². The van der Waals surface area contributed by atoms with Gasteiger partial charge in [-0.3, -0.25) is 0 Å². The van der Waals surface area contributed by atoms with E-state index in [4.69, 9.17) is 4.74 Å². The number of rotatable bonds is 10. The van der Waals surface area contributed by atoms with E-state index in [9.17, 15) is 8.42 Å². The average molecular weight is 314 g/mol. The van der Waals surface area contributed by atoms with Crippen molar-refractivity contribution in [3.8, 4) is 5.75 Å². The van der Waals surface area contributed by atoms with E-state index in [0.717, 1.165) is 30.8 Å². The van der Waals surface area contributed by atoms with Crippen molar-refractivity contribution in [2.24, 2.45) is 0 Å². The predicted octanol–water partition coefficient (Wildman–Crippen LogP) is 1.85. The zero-order valence-electron chi connectivity index (χ0n) is 13.1. The van der Waals surface area contributed by atoms with Crippen LogP contribution in [-0.2, 0) is 16.6 Å². The lowest BCUT2D eigenvalue weighted by Crippen LogP contribution is -2.30. The molecule has 1 aromatic carbocycles. The maximum absolute atomic E-state index is 12.2. The molecular weight excluding hydrogens is 288 g/mol. The van der Waals surface area contributed by atoms with Crippen molar-refractivity contribution in [3.63, 3.8) is 0 Å². The molecule has 1 N–H and O–H groups in total. The van der Waals surface area contributed by atoms with Gasteiger partial charge in [-0.15, -0.1) is 0 Å². The molecule has 5 nitrogen and oxygen atoms in total. The highest BCUT2D eigenvalue weighted by Crippen LogP contribution is 2.14. The van der Waals surface area contributed by atoms with Gasteiger partial charge in [0.15, 0.2) is 0 Å². The topological polar surface area (TPSA) is 58.6 Å². The van der Waals surface area contributed by atoms with Crippen molar-refractivity contribution >= 4 is 10.0 Å². The lowest BCUT2D eigenvalue weighted by molar-refractivity contribution is 0.414. The predicted molar refractivity (Wildman–Crippen MR) is 86.0 cm³/mol. The molecular formula is C15H26N2O3S. The van der Waals surface area contributed by atoms with Crippen LogP contribution in [0.3, 0.4) is 0 Å². The molecule has 0 atom stereocenters. The first kappa shape index (κ1) is 17.9. The minimum Gasteiger partial charge on any atom is -0.497 e. The summed E-state index contributed by atoms with van der Waals surface area (Å²) in [6.45, 7) is 4.15. The first-order chi connectivity index (χ1) is 9.99. The van der Waals surface area contributed by atoms with Crippen LogP contribution in [0, 0.1) is 0 Å². The van der Waals surface area contributed by atoms with Gasteiger partial charge in [-0.2, -0.15) is 0 Å². The fourth-order valence-electron chi connectivity index (χ4n) is 1.92. The number of hydrogen-bond acceptors (Lipinski definition) is 4. The van der Waals surface area contributed by atoms with Gasteiger partial charge in [0.1, 0.15) is 5.75 Å². The van der Waals surface area contributed by atoms with Crippen LogP contribution in [-0.4, -0.2) is 45.7 Å². The molecule has 0 fully saturated rings. The number of ether oxygens (including phenoxy) is 1. The third-order valence-corrected chi connectivity index (χ3v) is 5.11. The molecule has 0 aliphatic rings. The average Bonchev–Trinajstić information content (AvgIpc) is 2.47. The molecule has 0 radical (unpaired) electrons. The van der Waals surface area contributed by atoms with Crippen LogP contribution >= 0.6 is 0 Å². The van der Waals surface area contributed by atoms with Gasteiger partial charge < -0.3 is 10.1 Å². The Kier molecular flexibility index (Phi) is 7.71. The Hall–Kier alpha value is -1.11. The van der Waals surface area contributed by atoms with Gasteiger partial charge in [0.2, 0.25) is 10.0 Å². The molecule has 0 unspecified atom stereocenters. The smallest absolute Gasteiger partial charge is 0.214 e. The number of benzene rings is 1. The zero-order chi connectivity index (χ0) is 15.7. The van der Waals surface area contributed by atoms with Gasteiger partial charge in [0, 0.05) is 13.6 Å². The number of nitrogens with zero attached hydrogens (tertiary/aromatic N) is 1. The largest absolute Gasteiger partial charge is 0.497 e. The van der Waals surface area contributed by atoms with E-state index in [1.54, 1.807) is 14.2 Å². The normalized spacial score (nSPS) is 11.8. The van der Waals surface area contributed by atoms with E-state index in [0.29, 0.717) is 13.0 Å². The van der Waals surface area contributed by atoms with Crippen LogP contribution in [0.1, 0.15) is 25.3 Å². The molecule has 120 valence electrons. The van der Waals surface area contributed by atoms with Crippen molar-refractivity contribution in [1.29, 1.82) is 0 Å². The highest BCUT2D eigenvalue weighted by Gasteiger charge is 2.17. The Labute approximate surface area is 128 Å². The SMILES string of the molecule is CCCNCCCS(=O)(=O)N(C)Cc1ccc(OC)cc1. The number of sulfonamides is 1. The van der Waals surface area contributed by atoms with Gasteiger partial charge in [-0.25, -0.2) is 12.7 Å². The van der Waals surface area contributed by atoms with Crippen LogP contribution < -0.4 is 10.1 Å². The fraction of sp³-hybridized carbons (Fsp3) is 0.600. The Morgan fingerprint density at radius 2 is 1.86 bits per heavy atom. The van der Waals surface area contributed by atoms with E-state index in [1.165, 1.54) is 4.31 Å². The summed E-state index contributed by atoms with van der Waals surface area (Å²) >= 11 is 0. The highest BCUT2D eigenvalue weighted by molar-refractivity contribution is 7.89. The first-order valence-electron chi connectivity index (χ1n) is 7.27. The van der Waals surface area contributed by atoms with Crippen molar-refractivity contribution in [2.75, 3.05) is 33.0 Å². The van der Waals surface area contributed by atoms with Crippen molar-refractivity contribution in [1.82, 2.24) is 9.62 Å². The summed E-state index contributed by atoms with van der Waals surface area (Å²) in [5.74, 6) is 0.947. The minimum atomic E-state index is -3.20. The Balaban J connectivity index is 2.46.